The lowest BCUT2D eigenvalue weighted by atomic mass is 9.69. The van der Waals surface area contributed by atoms with Crippen molar-refractivity contribution in [3.8, 4) is 5.75 Å². The molecule has 0 fully saturated rings. The van der Waals surface area contributed by atoms with Gasteiger partial charge in [0.25, 0.3) is 0 Å². The first-order valence-electron chi connectivity index (χ1n) is 11.3. The van der Waals surface area contributed by atoms with Crippen molar-refractivity contribution in [2.24, 2.45) is 0 Å². The molecule has 1 unspecified atom stereocenters. The quantitative estimate of drug-likeness (QED) is 0.512. The van der Waals surface area contributed by atoms with Crippen LogP contribution in [0.1, 0.15) is 47.4 Å². The fraction of sp³-hybridized carbons (Fsp3) is 0.269. The van der Waals surface area contributed by atoms with Crippen molar-refractivity contribution < 1.29 is 31.9 Å². The predicted molar refractivity (Wildman–Crippen MR) is 129 cm³/mol. The number of phenolic OH excluding ortho intramolecular Hbond substituents is 1. The Morgan fingerprint density at radius 1 is 1.11 bits per heavy atom. The highest BCUT2D eigenvalue weighted by Crippen LogP contribution is 2.40. The van der Waals surface area contributed by atoms with Gasteiger partial charge < -0.3 is 10.4 Å². The van der Waals surface area contributed by atoms with Crippen molar-refractivity contribution >= 4 is 27.3 Å². The Hall–Kier alpha value is -3.66. The summed E-state index contributed by atoms with van der Waals surface area (Å²) in [6, 6.07) is 11.0. The molecule has 1 aliphatic carbocycles. The van der Waals surface area contributed by atoms with Gasteiger partial charge in [-0.1, -0.05) is 19.1 Å². The van der Waals surface area contributed by atoms with Crippen LogP contribution >= 0.6 is 0 Å². The van der Waals surface area contributed by atoms with Gasteiger partial charge >= 0.3 is 0 Å². The number of hydrogen-bond acceptors (Lipinski definition) is 6. The van der Waals surface area contributed by atoms with Gasteiger partial charge in [-0.15, -0.1) is 0 Å². The van der Waals surface area contributed by atoms with Gasteiger partial charge in [-0.2, -0.15) is 0 Å². The van der Waals surface area contributed by atoms with Gasteiger partial charge in [-0.05, 0) is 67.3 Å². The molecule has 7 nitrogen and oxygen atoms in total. The van der Waals surface area contributed by atoms with E-state index >= 15 is 0 Å². The lowest BCUT2D eigenvalue weighted by Gasteiger charge is -2.33. The van der Waals surface area contributed by atoms with Gasteiger partial charge in [0.2, 0.25) is 5.91 Å². The van der Waals surface area contributed by atoms with Gasteiger partial charge in [0, 0.05) is 5.56 Å². The maximum Gasteiger partial charge on any atom is 0.229 e. The summed E-state index contributed by atoms with van der Waals surface area (Å²) in [7, 11) is -3.32. The number of pyridine rings is 1. The highest BCUT2D eigenvalue weighted by molar-refractivity contribution is 7.91. The van der Waals surface area contributed by atoms with Crippen molar-refractivity contribution in [1.82, 2.24) is 4.98 Å². The Balaban J connectivity index is 1.49. The molecule has 4 rings (SSSR count). The monoisotopic (exact) mass is 514 g/mol. The number of carbonyl (C=O) groups excluding carboxylic acids is 2. The van der Waals surface area contributed by atoms with Crippen molar-refractivity contribution in [3.63, 3.8) is 0 Å². The molecule has 1 aliphatic rings. The minimum Gasteiger partial charge on any atom is -0.503 e. The van der Waals surface area contributed by atoms with E-state index in [9.17, 15) is 31.9 Å². The van der Waals surface area contributed by atoms with Crippen LogP contribution in [0.5, 0.6) is 5.75 Å². The third kappa shape index (κ3) is 4.73. The van der Waals surface area contributed by atoms with E-state index in [-0.39, 0.29) is 46.6 Å². The Kier molecular flexibility index (Phi) is 6.66. The smallest absolute Gasteiger partial charge is 0.229 e. The number of ketones is 1. The number of nitrogens with zero attached hydrogens (tertiary/aromatic N) is 1. The lowest BCUT2D eigenvalue weighted by molar-refractivity contribution is -0.115. The summed E-state index contributed by atoms with van der Waals surface area (Å²) in [6.07, 6.45) is 0.568. The summed E-state index contributed by atoms with van der Waals surface area (Å²) in [4.78, 5) is 30.4. The van der Waals surface area contributed by atoms with E-state index in [2.05, 4.69) is 10.3 Å². The molecule has 2 aromatic carbocycles. The average Bonchev–Trinajstić information content (AvgIpc) is 2.85. The fourth-order valence-electron chi connectivity index (χ4n) is 4.26. The van der Waals surface area contributed by atoms with Crippen molar-refractivity contribution in [2.45, 2.75) is 43.4 Å². The van der Waals surface area contributed by atoms with Crippen molar-refractivity contribution in [2.75, 3.05) is 11.1 Å². The maximum absolute atomic E-state index is 13.9. The van der Waals surface area contributed by atoms with Crippen molar-refractivity contribution in [3.05, 3.63) is 82.5 Å². The first-order chi connectivity index (χ1) is 16.9. The zero-order chi connectivity index (χ0) is 26.3. The number of phenols is 1. The van der Waals surface area contributed by atoms with E-state index in [1.165, 1.54) is 24.3 Å². The van der Waals surface area contributed by atoms with Gasteiger partial charge in [-0.3, -0.25) is 9.59 Å². The van der Waals surface area contributed by atoms with Crippen LogP contribution in [0.4, 0.5) is 14.6 Å². The van der Waals surface area contributed by atoms with E-state index < -0.39 is 32.6 Å². The number of aryl methyl sites for hydroxylation is 1. The van der Waals surface area contributed by atoms with Crippen LogP contribution in [0.3, 0.4) is 0 Å². The minimum atomic E-state index is -3.32. The molecular formula is C26H24F2N2O5S. The van der Waals surface area contributed by atoms with Gasteiger partial charge in [0.1, 0.15) is 5.82 Å². The number of halogens is 2. The van der Waals surface area contributed by atoms with Crippen LogP contribution in [0, 0.1) is 11.6 Å². The molecule has 10 heteroatoms. The predicted octanol–water partition coefficient (Wildman–Crippen LogP) is 4.13. The zero-order valence-electron chi connectivity index (χ0n) is 19.6. The number of aromatic nitrogens is 1. The summed E-state index contributed by atoms with van der Waals surface area (Å²) in [5, 5.41) is 12.1. The van der Waals surface area contributed by atoms with Crippen LogP contribution in [-0.4, -0.2) is 36.0 Å². The number of anilines is 1. The molecule has 0 bridgehead atoms. The summed E-state index contributed by atoms with van der Waals surface area (Å²) in [5.74, 6) is -3.85. The Bertz CT molecular complexity index is 1450. The van der Waals surface area contributed by atoms with E-state index in [1.54, 1.807) is 26.0 Å². The Labute approximate surface area is 207 Å². The van der Waals surface area contributed by atoms with Crippen LogP contribution in [-0.2, 0) is 32.9 Å². The van der Waals surface area contributed by atoms with Gasteiger partial charge in [0.05, 0.1) is 28.2 Å². The number of rotatable bonds is 6. The first kappa shape index (κ1) is 25.4. The molecule has 0 spiro atoms. The highest BCUT2D eigenvalue weighted by atomic mass is 32.2. The SMILES string of the molecule is CCS(=O)(=O)c1ccc(CC(=O)Nc2ccc3c(n2)CCC(C)(c2cc(F)c(O)c(F)c2)C3=O)cc1. The normalized spacial score (nSPS) is 17.5. The number of carbonyl (C=O) groups is 2. The van der Waals surface area contributed by atoms with Crippen LogP contribution in [0.25, 0.3) is 0 Å². The van der Waals surface area contributed by atoms with Gasteiger partial charge in [-0.25, -0.2) is 22.2 Å². The molecule has 2 N–H and O–H groups in total. The van der Waals surface area contributed by atoms with Gasteiger partial charge in [0.15, 0.2) is 33.0 Å². The second-order valence-corrected chi connectivity index (χ2v) is 11.2. The van der Waals surface area contributed by atoms with Crippen LogP contribution in [0.15, 0.2) is 53.4 Å². The molecule has 0 radical (unpaired) electrons. The van der Waals surface area contributed by atoms with Crippen molar-refractivity contribution in [1.29, 1.82) is 0 Å². The molecule has 36 heavy (non-hydrogen) atoms. The minimum absolute atomic E-state index is 0.000198. The molecule has 0 aliphatic heterocycles. The largest absolute Gasteiger partial charge is 0.503 e. The first-order valence-corrected chi connectivity index (χ1v) is 12.9. The molecule has 1 amide bonds. The third-order valence-electron chi connectivity index (χ3n) is 6.53. The fourth-order valence-corrected chi connectivity index (χ4v) is 5.14. The number of benzene rings is 2. The second-order valence-electron chi connectivity index (χ2n) is 8.91. The maximum atomic E-state index is 13.9. The molecule has 3 aromatic rings. The number of fused-ring (bicyclic) bond motifs is 1. The zero-order valence-corrected chi connectivity index (χ0v) is 20.5. The standard InChI is InChI=1S/C26H24F2N2O5S/c1-3-36(34,35)17-6-4-15(5-7-17)12-23(31)30-22-9-8-18-21(29-22)10-11-26(2,25(18)33)16-13-19(27)24(32)20(28)14-16/h4-9,13-14,32H,3,10-12H2,1-2H3,(H,29,30,31). The Morgan fingerprint density at radius 3 is 2.36 bits per heavy atom. The molecule has 188 valence electrons. The number of sulfone groups is 1. The molecule has 0 saturated heterocycles. The summed E-state index contributed by atoms with van der Waals surface area (Å²) in [5.41, 5.74) is 0.306. The molecular weight excluding hydrogens is 490 g/mol. The number of aromatic hydroxyl groups is 1. The van der Waals surface area contributed by atoms with Crippen LogP contribution in [0.2, 0.25) is 0 Å². The number of amides is 1. The Morgan fingerprint density at radius 2 is 1.75 bits per heavy atom. The second kappa shape index (κ2) is 9.42. The van der Waals surface area contributed by atoms with E-state index in [1.807, 2.05) is 0 Å². The summed E-state index contributed by atoms with van der Waals surface area (Å²) >= 11 is 0. The highest BCUT2D eigenvalue weighted by Gasteiger charge is 2.41. The average molecular weight is 515 g/mol. The van der Waals surface area contributed by atoms with Crippen LogP contribution < -0.4 is 5.32 Å². The lowest BCUT2D eigenvalue weighted by Crippen LogP contribution is -2.38. The topological polar surface area (TPSA) is 113 Å². The van der Waals surface area contributed by atoms with E-state index in [4.69, 9.17) is 0 Å². The molecule has 1 aromatic heterocycles. The number of nitrogens with one attached hydrogen (secondary N) is 1. The number of Topliss-reactive ketones (excluding diaryl/α,β-unsaturated/α-hetero) is 1. The third-order valence-corrected chi connectivity index (χ3v) is 8.28. The molecule has 0 saturated carbocycles. The summed E-state index contributed by atoms with van der Waals surface area (Å²) in [6.45, 7) is 3.15. The number of hydrogen-bond donors (Lipinski definition) is 2. The molecule has 1 atom stereocenters. The van der Waals surface area contributed by atoms with E-state index in [0.29, 0.717) is 23.2 Å². The summed E-state index contributed by atoms with van der Waals surface area (Å²) < 4.78 is 51.7. The molecule has 1 heterocycles. The van der Waals surface area contributed by atoms with E-state index in [0.717, 1.165) is 12.1 Å².